The normalized spacial score (nSPS) is 37.7. The fourth-order valence-corrected chi connectivity index (χ4v) is 14.4. The first-order valence-electron chi connectivity index (χ1n) is 22.1. The van der Waals surface area contributed by atoms with Crippen LogP contribution in [0.3, 0.4) is 0 Å². The standard InChI is InChI=1S/C47H78N2O6/c1-31(2)33-19-26-47(40(52)49(30-16-14-12-13-15-29-48)38(51)22-23-42(4,5)41(53)54-11)28-27-45(9)34(39(33)47)17-18-36-44(8)24-21-37(55-32(3)50)43(6,7)35(44)20-25-46(36,45)10/h33-37,39H,1,12-30,48H2,2-11H3/t33-,34+,35-,36?,37-,39+,44-,45+,46+,47-/m0/s1. The van der Waals surface area contributed by atoms with E-state index in [0.29, 0.717) is 37.3 Å². The van der Waals surface area contributed by atoms with E-state index >= 15 is 4.79 Å². The summed E-state index contributed by atoms with van der Waals surface area (Å²) in [6.45, 7) is 25.5. The number of hydrogen-bond acceptors (Lipinski definition) is 7. The average molecular weight is 767 g/mol. The Kier molecular flexibility index (Phi) is 12.9. The lowest BCUT2D eigenvalue weighted by molar-refractivity contribution is -0.249. The molecule has 8 heteroatoms. The van der Waals surface area contributed by atoms with Crippen molar-refractivity contribution in [1.29, 1.82) is 0 Å². The molecule has 0 radical (unpaired) electrons. The Morgan fingerprint density at radius 2 is 1.47 bits per heavy atom. The van der Waals surface area contributed by atoms with Crippen LogP contribution in [0.5, 0.6) is 0 Å². The molecule has 0 spiro atoms. The number of carbonyl (C=O) groups excluding carboxylic acids is 4. The van der Waals surface area contributed by atoms with E-state index in [1.165, 1.54) is 12.7 Å². The molecule has 5 aliphatic rings. The van der Waals surface area contributed by atoms with Gasteiger partial charge in [0.1, 0.15) is 6.10 Å². The highest BCUT2D eigenvalue weighted by atomic mass is 16.5. The maximum Gasteiger partial charge on any atom is 0.311 e. The molecule has 10 atom stereocenters. The summed E-state index contributed by atoms with van der Waals surface area (Å²) in [5.74, 6) is 1.19. The number of hydrogen-bond donors (Lipinski definition) is 1. The van der Waals surface area contributed by atoms with Gasteiger partial charge in [-0.25, -0.2) is 0 Å². The monoisotopic (exact) mass is 767 g/mol. The quantitative estimate of drug-likeness (QED) is 0.106. The molecule has 5 aliphatic carbocycles. The average Bonchev–Trinajstić information content (AvgIpc) is 3.52. The van der Waals surface area contributed by atoms with Crippen LogP contribution in [0.25, 0.3) is 0 Å². The molecule has 0 bridgehead atoms. The van der Waals surface area contributed by atoms with E-state index in [2.05, 4.69) is 48.1 Å². The Bertz CT molecular complexity index is 1470. The SMILES string of the molecule is C=C(C)[C@@H]1CC[C@]2(C(=O)N(CCCCCCCN)C(=O)CCC(C)(C)C(=O)OC)CC[C@]3(C)[C@H](CCC4[C@@]5(C)CC[C@H](OC(C)=O)C(C)(C)[C@@H]5CC[C@]43C)[C@@H]12. The summed E-state index contributed by atoms with van der Waals surface area (Å²) >= 11 is 0. The summed E-state index contributed by atoms with van der Waals surface area (Å²) in [6, 6.07) is 0. The van der Waals surface area contributed by atoms with Gasteiger partial charge in [0.05, 0.1) is 17.9 Å². The zero-order chi connectivity index (χ0) is 40.8. The summed E-state index contributed by atoms with van der Waals surface area (Å²) in [6.07, 6.45) is 15.3. The first-order valence-corrected chi connectivity index (χ1v) is 22.1. The van der Waals surface area contributed by atoms with Crippen LogP contribution in [0.4, 0.5) is 0 Å². The molecule has 2 amide bonds. The number of methoxy groups -OCH3 is 1. The van der Waals surface area contributed by atoms with Gasteiger partial charge in [-0.1, -0.05) is 66.0 Å². The lowest BCUT2D eigenvalue weighted by atomic mass is 9.32. The Labute approximate surface area is 334 Å². The zero-order valence-corrected chi connectivity index (χ0v) is 36.6. The van der Waals surface area contributed by atoms with Crippen LogP contribution < -0.4 is 5.73 Å². The molecule has 0 aliphatic heterocycles. The van der Waals surface area contributed by atoms with E-state index in [1.54, 1.807) is 11.8 Å². The summed E-state index contributed by atoms with van der Waals surface area (Å²) in [7, 11) is 1.39. The molecule has 0 aromatic rings. The maximum absolute atomic E-state index is 15.5. The predicted octanol–water partition coefficient (Wildman–Crippen LogP) is 9.82. The van der Waals surface area contributed by atoms with Gasteiger partial charge in [-0.2, -0.15) is 0 Å². The largest absolute Gasteiger partial charge is 0.469 e. The van der Waals surface area contributed by atoms with Crippen molar-refractivity contribution >= 4 is 23.8 Å². The fourth-order valence-electron chi connectivity index (χ4n) is 14.4. The molecule has 0 aromatic carbocycles. The van der Waals surface area contributed by atoms with Crippen LogP contribution >= 0.6 is 0 Å². The number of fused-ring (bicyclic) bond motifs is 7. The van der Waals surface area contributed by atoms with Crippen molar-refractivity contribution in [1.82, 2.24) is 4.90 Å². The van der Waals surface area contributed by atoms with Gasteiger partial charge in [0.2, 0.25) is 11.8 Å². The molecular formula is C47H78N2O6. The molecule has 5 fully saturated rings. The molecule has 55 heavy (non-hydrogen) atoms. The van der Waals surface area contributed by atoms with Gasteiger partial charge >= 0.3 is 11.9 Å². The molecule has 0 heterocycles. The van der Waals surface area contributed by atoms with Crippen LogP contribution in [-0.2, 0) is 28.7 Å². The van der Waals surface area contributed by atoms with Crippen LogP contribution in [0, 0.1) is 62.1 Å². The predicted molar refractivity (Wildman–Crippen MR) is 218 cm³/mol. The van der Waals surface area contributed by atoms with E-state index in [-0.39, 0.29) is 69.8 Å². The summed E-state index contributed by atoms with van der Waals surface area (Å²) in [5.41, 5.74) is 5.75. The van der Waals surface area contributed by atoms with Crippen LogP contribution in [0.15, 0.2) is 12.2 Å². The third kappa shape index (κ3) is 7.50. The Balaban J connectivity index is 1.46. The Hall–Kier alpha value is -2.22. The van der Waals surface area contributed by atoms with Crippen molar-refractivity contribution < 1.29 is 28.7 Å². The zero-order valence-electron chi connectivity index (χ0n) is 36.6. The number of esters is 2. The lowest BCUT2D eigenvalue weighted by Gasteiger charge is -2.73. The van der Waals surface area contributed by atoms with Gasteiger partial charge in [0, 0.05) is 25.3 Å². The summed E-state index contributed by atoms with van der Waals surface area (Å²) < 4.78 is 11.0. The van der Waals surface area contributed by atoms with Gasteiger partial charge in [0.25, 0.3) is 0 Å². The summed E-state index contributed by atoms with van der Waals surface area (Å²) in [4.78, 5) is 56.2. The van der Waals surface area contributed by atoms with Crippen LogP contribution in [0.1, 0.15) is 171 Å². The first kappa shape index (κ1) is 43.9. The number of ether oxygens (including phenoxy) is 2. The third-order valence-electron chi connectivity index (χ3n) is 17.6. The second kappa shape index (κ2) is 16.2. The Morgan fingerprint density at radius 1 is 0.800 bits per heavy atom. The smallest absolute Gasteiger partial charge is 0.311 e. The minimum Gasteiger partial charge on any atom is -0.469 e. The third-order valence-corrected chi connectivity index (χ3v) is 17.6. The van der Waals surface area contributed by atoms with Crippen molar-refractivity contribution in [3.05, 3.63) is 12.2 Å². The van der Waals surface area contributed by atoms with Crippen molar-refractivity contribution in [3.8, 4) is 0 Å². The number of nitrogens with zero attached hydrogens (tertiary/aromatic N) is 1. The number of unbranched alkanes of at least 4 members (excludes halogenated alkanes) is 4. The highest BCUT2D eigenvalue weighted by Gasteiger charge is 2.72. The highest BCUT2D eigenvalue weighted by Crippen LogP contribution is 2.77. The van der Waals surface area contributed by atoms with Gasteiger partial charge in [0.15, 0.2) is 0 Å². The number of rotatable bonds is 14. The molecule has 5 rings (SSSR count). The minimum atomic E-state index is -0.814. The van der Waals surface area contributed by atoms with Crippen molar-refractivity contribution in [2.75, 3.05) is 20.2 Å². The lowest BCUT2D eigenvalue weighted by Crippen LogP contribution is -2.67. The second-order valence-electron chi connectivity index (χ2n) is 21.1. The van der Waals surface area contributed by atoms with Gasteiger partial charge in [-0.3, -0.25) is 24.1 Å². The van der Waals surface area contributed by atoms with Crippen molar-refractivity contribution in [2.24, 2.45) is 67.8 Å². The first-order chi connectivity index (χ1) is 25.7. The topological polar surface area (TPSA) is 116 Å². The number of allylic oxidation sites excluding steroid dienone is 1. The van der Waals surface area contributed by atoms with Crippen LogP contribution in [-0.4, -0.2) is 55.0 Å². The number of imide groups is 1. The molecule has 1 unspecified atom stereocenters. The number of carbonyl (C=O) groups is 4. The summed E-state index contributed by atoms with van der Waals surface area (Å²) in [5, 5.41) is 0. The van der Waals surface area contributed by atoms with Crippen molar-refractivity contribution in [3.63, 3.8) is 0 Å². The van der Waals surface area contributed by atoms with E-state index in [1.807, 2.05) is 13.8 Å². The number of nitrogens with two attached hydrogens (primary N) is 1. The molecule has 0 saturated heterocycles. The molecule has 5 saturated carbocycles. The van der Waals surface area contributed by atoms with E-state index in [4.69, 9.17) is 15.2 Å². The van der Waals surface area contributed by atoms with Crippen LogP contribution in [0.2, 0.25) is 0 Å². The molecular weight excluding hydrogens is 689 g/mol. The molecule has 8 nitrogen and oxygen atoms in total. The highest BCUT2D eigenvalue weighted by molar-refractivity contribution is 5.99. The number of amides is 2. The van der Waals surface area contributed by atoms with Gasteiger partial charge in [-0.05, 0) is 157 Å². The molecule has 2 N–H and O–H groups in total. The van der Waals surface area contributed by atoms with E-state index in [0.717, 1.165) is 96.3 Å². The van der Waals surface area contributed by atoms with E-state index < -0.39 is 10.8 Å². The second-order valence-corrected chi connectivity index (χ2v) is 21.1. The Morgan fingerprint density at radius 3 is 2.11 bits per heavy atom. The fraction of sp³-hybridized carbons (Fsp3) is 0.872. The van der Waals surface area contributed by atoms with Gasteiger partial charge in [-0.15, -0.1) is 0 Å². The van der Waals surface area contributed by atoms with E-state index in [9.17, 15) is 14.4 Å². The molecule has 312 valence electrons. The maximum atomic E-state index is 15.5. The van der Waals surface area contributed by atoms with Gasteiger partial charge < -0.3 is 15.2 Å². The minimum absolute atomic E-state index is 0.0413. The van der Waals surface area contributed by atoms with Crippen molar-refractivity contribution in [2.45, 2.75) is 178 Å². The molecule has 0 aromatic heterocycles.